The van der Waals surface area contributed by atoms with E-state index in [1.165, 1.54) is 70.6 Å². The Hall–Kier alpha value is -4.30. The number of hydrogen-bond donors (Lipinski definition) is 3. The summed E-state index contributed by atoms with van der Waals surface area (Å²) < 4.78 is 30.1. The molecule has 522 valence electrons. The second kappa shape index (κ2) is 54.6. The molecule has 3 atom stereocenters. The van der Waals surface area contributed by atoms with Crippen LogP contribution in [0, 0.1) is 0 Å². The molecule has 6 rings (SSSR count). The van der Waals surface area contributed by atoms with Crippen LogP contribution in [0.1, 0.15) is 157 Å². The third-order valence-corrected chi connectivity index (χ3v) is 24.3. The quantitative estimate of drug-likeness (QED) is 0.0247. The highest BCUT2D eigenvalue weighted by atomic mass is 32.2. The summed E-state index contributed by atoms with van der Waals surface area (Å²) in [6, 6.07) is 64.0. The normalized spacial score (nSPS) is 12.1. The van der Waals surface area contributed by atoms with Gasteiger partial charge in [0.25, 0.3) is 10.1 Å². The molecular weight excluding hydrogens is 1310 g/mol. The third-order valence-electron chi connectivity index (χ3n) is 16.0. The van der Waals surface area contributed by atoms with Crippen molar-refractivity contribution in [3.8, 4) is 0 Å². The van der Waals surface area contributed by atoms with Gasteiger partial charge in [0.15, 0.2) is 0 Å². The highest BCUT2D eigenvalue weighted by molar-refractivity contribution is 8.00. The summed E-state index contributed by atoms with van der Waals surface area (Å²) in [5.74, 6) is 9.74. The number of hydrogen-bond acceptors (Lipinski definition) is 12. The molecule has 0 saturated carbocycles. The first-order valence-electron chi connectivity index (χ1n) is 34.7. The SMILES string of the molecule is CCN(CC)C(=O)CCCCC(CCSCc1ccccc1)SCc1ccccc1.CCN(CC)CCNC(=O)CCCCC(CCSCc1ccccc1)SCc1ccccc1.O=C(CCCCC(CCSCc1ccccc1)SCc1ccccc1)NCCS(=O)(=O)O. The Morgan fingerprint density at radius 1 is 0.389 bits per heavy atom. The molecule has 3 N–H and O–H groups in total. The second-order valence-electron chi connectivity index (χ2n) is 23.6. The van der Waals surface area contributed by atoms with E-state index in [1.807, 2.05) is 64.1 Å². The molecule has 0 aliphatic heterocycles. The zero-order valence-electron chi connectivity index (χ0n) is 57.4. The highest BCUT2D eigenvalue weighted by Gasteiger charge is 2.16. The van der Waals surface area contributed by atoms with Crippen LogP contribution in [0.25, 0.3) is 0 Å². The number of nitrogens with zero attached hydrogens (tertiary/aromatic N) is 2. The van der Waals surface area contributed by atoms with Crippen molar-refractivity contribution in [1.29, 1.82) is 0 Å². The molecular formula is C78H112N4O6S7. The topological polar surface area (TPSA) is 136 Å². The van der Waals surface area contributed by atoms with E-state index in [9.17, 15) is 22.8 Å². The third kappa shape index (κ3) is 43.7. The Bertz CT molecular complexity index is 2940. The summed E-state index contributed by atoms with van der Waals surface area (Å²) in [7, 11) is -4.03. The average molecular weight is 1430 g/mol. The van der Waals surface area contributed by atoms with Crippen molar-refractivity contribution in [3.63, 3.8) is 0 Å². The smallest absolute Gasteiger partial charge is 0.266 e. The Balaban J connectivity index is 0.000000304. The molecule has 17 heteroatoms. The number of unbranched alkanes of at least 4 members (excludes halogenated alkanes) is 3. The zero-order chi connectivity index (χ0) is 68.1. The Morgan fingerprint density at radius 2 is 0.684 bits per heavy atom. The van der Waals surface area contributed by atoms with Crippen LogP contribution in [-0.2, 0) is 59.0 Å². The number of thioether (sulfide) groups is 6. The summed E-state index contributed by atoms with van der Waals surface area (Å²) in [6.45, 7) is 13.8. The number of benzene rings is 6. The van der Waals surface area contributed by atoms with Crippen molar-refractivity contribution in [1.82, 2.24) is 20.4 Å². The predicted octanol–water partition coefficient (Wildman–Crippen LogP) is 18.8. The van der Waals surface area contributed by atoms with E-state index in [-0.39, 0.29) is 18.4 Å². The fraction of sp³-hybridized carbons (Fsp3) is 0.500. The average Bonchev–Trinajstić information content (AvgIpc) is 3.43. The molecule has 3 amide bonds. The molecule has 6 aromatic rings. The molecule has 0 aliphatic carbocycles. The molecule has 0 spiro atoms. The van der Waals surface area contributed by atoms with Crippen LogP contribution in [0.4, 0.5) is 0 Å². The van der Waals surface area contributed by atoms with Crippen LogP contribution in [0.2, 0.25) is 0 Å². The number of carbonyl (C=O) groups is 3. The van der Waals surface area contributed by atoms with Crippen LogP contribution in [0.15, 0.2) is 182 Å². The maximum Gasteiger partial charge on any atom is 0.266 e. The molecule has 10 nitrogen and oxygen atoms in total. The van der Waals surface area contributed by atoms with Gasteiger partial charge in [0.2, 0.25) is 17.7 Å². The van der Waals surface area contributed by atoms with Crippen molar-refractivity contribution >= 4 is 98.4 Å². The summed E-state index contributed by atoms with van der Waals surface area (Å²) in [4.78, 5) is 40.5. The van der Waals surface area contributed by atoms with Gasteiger partial charge in [-0.25, -0.2) is 0 Å². The van der Waals surface area contributed by atoms with Crippen molar-refractivity contribution in [2.24, 2.45) is 0 Å². The lowest BCUT2D eigenvalue weighted by Crippen LogP contribution is -2.34. The van der Waals surface area contributed by atoms with Crippen LogP contribution in [-0.4, -0.2) is 125 Å². The van der Waals surface area contributed by atoms with Crippen LogP contribution in [0.3, 0.4) is 0 Å². The molecule has 3 unspecified atom stereocenters. The maximum atomic E-state index is 12.2. The van der Waals surface area contributed by atoms with Gasteiger partial charge < -0.3 is 20.4 Å². The number of amides is 3. The lowest BCUT2D eigenvalue weighted by atomic mass is 10.1. The van der Waals surface area contributed by atoms with E-state index in [4.69, 9.17) is 4.55 Å². The highest BCUT2D eigenvalue weighted by Crippen LogP contribution is 2.30. The molecule has 0 saturated heterocycles. The van der Waals surface area contributed by atoms with E-state index in [2.05, 4.69) is 237 Å². The lowest BCUT2D eigenvalue weighted by molar-refractivity contribution is -0.131. The van der Waals surface area contributed by atoms with Crippen molar-refractivity contribution in [2.45, 2.75) is 174 Å². The van der Waals surface area contributed by atoms with E-state index in [0.717, 1.165) is 131 Å². The molecule has 0 aromatic heterocycles. The summed E-state index contributed by atoms with van der Waals surface area (Å²) in [6.07, 6.45) is 14.8. The first-order valence-corrected chi connectivity index (χ1v) is 42.9. The van der Waals surface area contributed by atoms with Gasteiger partial charge in [-0.2, -0.15) is 79.0 Å². The number of nitrogens with one attached hydrogen (secondary N) is 2. The van der Waals surface area contributed by atoms with Gasteiger partial charge in [-0.15, -0.1) is 0 Å². The predicted molar refractivity (Wildman–Crippen MR) is 420 cm³/mol. The van der Waals surface area contributed by atoms with E-state index < -0.39 is 15.9 Å². The van der Waals surface area contributed by atoms with Gasteiger partial charge in [-0.1, -0.05) is 215 Å². The minimum Gasteiger partial charge on any atom is -0.355 e. The fourth-order valence-corrected chi connectivity index (χ4v) is 17.9. The number of likely N-dealkylation sites (N-methyl/N-ethyl adjacent to an activating group) is 1. The first-order chi connectivity index (χ1) is 46.4. The minimum atomic E-state index is -4.03. The molecule has 6 aromatic carbocycles. The summed E-state index contributed by atoms with van der Waals surface area (Å²) >= 11 is 12.2. The molecule has 0 aliphatic rings. The van der Waals surface area contributed by atoms with Gasteiger partial charge in [-0.05, 0) is 135 Å². The maximum absolute atomic E-state index is 12.2. The molecule has 0 heterocycles. The van der Waals surface area contributed by atoms with Gasteiger partial charge in [-0.3, -0.25) is 18.9 Å². The van der Waals surface area contributed by atoms with Gasteiger partial charge in [0, 0.05) is 102 Å². The summed E-state index contributed by atoms with van der Waals surface area (Å²) in [5, 5.41) is 7.49. The number of carbonyl (C=O) groups excluding carboxylic acids is 3. The van der Waals surface area contributed by atoms with Crippen molar-refractivity contribution in [2.75, 3.05) is 68.8 Å². The zero-order valence-corrected chi connectivity index (χ0v) is 63.1. The van der Waals surface area contributed by atoms with Gasteiger partial charge in [0.05, 0.1) is 5.75 Å². The minimum absolute atomic E-state index is 0.0497. The van der Waals surface area contributed by atoms with E-state index >= 15 is 0 Å². The molecule has 0 bridgehead atoms. The standard InChI is InChI=1S/C28H42N2OS2.C26H37NOS2.C24H33NO4S3/c1-3-30(4-2)21-20-29-28(31)18-12-11-17-27(33-24-26-15-9-6-10-16-26)19-22-32-23-25-13-7-5-8-14-25;1-3-27(4-2)26(28)18-12-11-17-25(30-22-24-15-9-6-10-16-24)19-20-29-21-23-13-7-5-8-14-23;26-24(25-16-18-32(27,28)29)14-8-7-13-23(31-20-22-11-5-2-6-12-22)15-17-30-19-21-9-3-1-4-10-21/h5-10,13-16,27H,3-4,11-12,17-24H2,1-2H3,(H,29,31);5-10,13-16,25H,3-4,11-12,17-22H2,1-2H3;1-6,9-12,23H,7-8,13-20H2,(H,25,26)(H,27,28,29). The monoisotopic (exact) mass is 1420 g/mol. The van der Waals surface area contributed by atoms with Crippen molar-refractivity contribution < 1.29 is 27.4 Å². The largest absolute Gasteiger partial charge is 0.355 e. The molecule has 95 heavy (non-hydrogen) atoms. The van der Waals surface area contributed by atoms with Crippen LogP contribution in [0.5, 0.6) is 0 Å². The fourth-order valence-electron chi connectivity index (χ4n) is 10.3. The molecule has 0 fully saturated rings. The molecule has 0 radical (unpaired) electrons. The van der Waals surface area contributed by atoms with Crippen LogP contribution < -0.4 is 10.6 Å². The van der Waals surface area contributed by atoms with E-state index in [1.54, 1.807) is 0 Å². The van der Waals surface area contributed by atoms with E-state index in [0.29, 0.717) is 40.9 Å². The van der Waals surface area contributed by atoms with Gasteiger partial charge >= 0.3 is 0 Å². The first kappa shape index (κ1) is 83.1. The second-order valence-corrected chi connectivity index (χ2v) is 32.3. The van der Waals surface area contributed by atoms with Crippen molar-refractivity contribution in [3.05, 3.63) is 215 Å². The summed E-state index contributed by atoms with van der Waals surface area (Å²) in [5.41, 5.74) is 8.30. The van der Waals surface area contributed by atoms with Gasteiger partial charge in [0.1, 0.15) is 0 Å². The Morgan fingerprint density at radius 3 is 0.979 bits per heavy atom. The Kier molecular flexibility index (Phi) is 47.8. The Labute approximate surface area is 600 Å². The number of rotatable bonds is 49. The lowest BCUT2D eigenvalue weighted by Gasteiger charge is -2.19. The van der Waals surface area contributed by atoms with Crippen LogP contribution >= 0.6 is 70.6 Å².